The molecule has 0 atom stereocenters. The topological polar surface area (TPSA) is 68.6 Å². The van der Waals surface area contributed by atoms with Crippen LogP contribution in [0.5, 0.6) is 5.75 Å². The van der Waals surface area contributed by atoms with E-state index in [4.69, 9.17) is 10.00 Å². The summed E-state index contributed by atoms with van der Waals surface area (Å²) in [7, 11) is 0. The van der Waals surface area contributed by atoms with Crippen molar-refractivity contribution < 1.29 is 9.53 Å². The van der Waals surface area contributed by atoms with E-state index in [1.165, 1.54) is 0 Å². The zero-order chi connectivity index (χ0) is 18.4. The Morgan fingerprint density at radius 2 is 1.88 bits per heavy atom. The number of anilines is 2. The van der Waals surface area contributed by atoms with Crippen LogP contribution in [-0.4, -0.2) is 43.7 Å². The Hall–Kier alpha value is -3.20. The van der Waals surface area contributed by atoms with Crippen LogP contribution in [0.25, 0.3) is 0 Å². The molecule has 6 nitrogen and oxygen atoms in total. The highest BCUT2D eigenvalue weighted by Crippen LogP contribution is 2.21. The lowest BCUT2D eigenvalue weighted by Gasteiger charge is -2.36. The van der Waals surface area contributed by atoms with Gasteiger partial charge in [0.2, 0.25) is 0 Å². The molecule has 2 aromatic rings. The smallest absolute Gasteiger partial charge is 0.321 e. The molecule has 1 aliphatic heterocycles. The number of nitrogens with zero attached hydrogens (tertiary/aromatic N) is 3. The van der Waals surface area contributed by atoms with Crippen LogP contribution in [0, 0.1) is 11.3 Å². The Morgan fingerprint density at radius 3 is 2.54 bits per heavy atom. The third-order valence-electron chi connectivity index (χ3n) is 4.32. The molecule has 3 rings (SSSR count). The lowest BCUT2D eigenvalue weighted by Crippen LogP contribution is -2.50. The van der Waals surface area contributed by atoms with Crippen LogP contribution in [0.3, 0.4) is 0 Å². The van der Waals surface area contributed by atoms with Crippen LogP contribution >= 0.6 is 0 Å². The Morgan fingerprint density at radius 1 is 1.15 bits per heavy atom. The van der Waals surface area contributed by atoms with Crippen molar-refractivity contribution in [2.24, 2.45) is 0 Å². The van der Waals surface area contributed by atoms with Gasteiger partial charge in [-0.2, -0.15) is 5.26 Å². The van der Waals surface area contributed by atoms with Gasteiger partial charge in [0.25, 0.3) is 0 Å². The van der Waals surface area contributed by atoms with Gasteiger partial charge in [-0.15, -0.1) is 0 Å². The molecular formula is C20H22N4O2. The van der Waals surface area contributed by atoms with Crippen molar-refractivity contribution >= 4 is 17.4 Å². The minimum absolute atomic E-state index is 0.133. The zero-order valence-electron chi connectivity index (χ0n) is 14.8. The van der Waals surface area contributed by atoms with Gasteiger partial charge in [-0.05, 0) is 49.4 Å². The number of ether oxygens (including phenoxy) is 1. The van der Waals surface area contributed by atoms with Crippen molar-refractivity contribution in [3.8, 4) is 11.8 Å². The van der Waals surface area contributed by atoms with Gasteiger partial charge in [-0.25, -0.2) is 4.79 Å². The second-order valence-corrected chi connectivity index (χ2v) is 6.02. The Labute approximate surface area is 153 Å². The van der Waals surface area contributed by atoms with Crippen LogP contribution < -0.4 is 15.0 Å². The van der Waals surface area contributed by atoms with Crippen molar-refractivity contribution in [3.63, 3.8) is 0 Å². The lowest BCUT2D eigenvalue weighted by molar-refractivity contribution is 0.208. The van der Waals surface area contributed by atoms with E-state index in [1.54, 1.807) is 29.2 Å². The number of amides is 2. The van der Waals surface area contributed by atoms with E-state index in [0.29, 0.717) is 30.9 Å². The molecule has 1 saturated heterocycles. The maximum absolute atomic E-state index is 12.4. The summed E-state index contributed by atoms with van der Waals surface area (Å²) < 4.78 is 5.47. The summed E-state index contributed by atoms with van der Waals surface area (Å²) in [6, 6.07) is 16.9. The number of rotatable bonds is 4. The fourth-order valence-corrected chi connectivity index (χ4v) is 2.96. The molecule has 0 aliphatic carbocycles. The van der Waals surface area contributed by atoms with Crippen LogP contribution in [0.2, 0.25) is 0 Å². The number of nitriles is 1. The van der Waals surface area contributed by atoms with Crippen LogP contribution in [0.1, 0.15) is 12.5 Å². The Balaban J connectivity index is 1.54. The average molecular weight is 350 g/mol. The highest BCUT2D eigenvalue weighted by atomic mass is 16.5. The summed E-state index contributed by atoms with van der Waals surface area (Å²) in [5.41, 5.74) is 2.31. The predicted octanol–water partition coefficient (Wildman–Crippen LogP) is 3.31. The summed E-state index contributed by atoms with van der Waals surface area (Å²) >= 11 is 0. The molecular weight excluding hydrogens is 328 g/mol. The van der Waals surface area contributed by atoms with Crippen molar-refractivity contribution in [1.82, 2.24) is 4.90 Å². The summed E-state index contributed by atoms with van der Waals surface area (Å²) in [5, 5.41) is 11.8. The Bertz CT molecular complexity index is 790. The molecule has 2 amide bonds. The first-order chi connectivity index (χ1) is 12.7. The fraction of sp³-hybridized carbons (Fsp3) is 0.300. The quantitative estimate of drug-likeness (QED) is 0.918. The van der Waals surface area contributed by atoms with Crippen molar-refractivity contribution in [1.29, 1.82) is 5.26 Å². The molecule has 0 aromatic heterocycles. The van der Waals surface area contributed by atoms with E-state index in [2.05, 4.69) is 16.3 Å². The molecule has 0 bridgehead atoms. The summed E-state index contributed by atoms with van der Waals surface area (Å²) in [6.07, 6.45) is 0. The number of urea groups is 1. The molecule has 0 unspecified atom stereocenters. The molecule has 0 spiro atoms. The molecule has 0 radical (unpaired) electrons. The van der Waals surface area contributed by atoms with Gasteiger partial charge in [-0.1, -0.05) is 6.07 Å². The molecule has 1 fully saturated rings. The average Bonchev–Trinajstić information content (AvgIpc) is 2.69. The zero-order valence-corrected chi connectivity index (χ0v) is 14.8. The molecule has 2 aromatic carbocycles. The van der Waals surface area contributed by atoms with E-state index in [0.717, 1.165) is 24.5 Å². The largest absolute Gasteiger partial charge is 0.494 e. The second kappa shape index (κ2) is 8.26. The minimum Gasteiger partial charge on any atom is -0.494 e. The van der Waals surface area contributed by atoms with Gasteiger partial charge >= 0.3 is 6.03 Å². The number of hydrogen-bond acceptors (Lipinski definition) is 4. The highest BCUT2D eigenvalue weighted by molar-refractivity contribution is 5.89. The van der Waals surface area contributed by atoms with Crippen molar-refractivity contribution in [2.45, 2.75) is 6.92 Å². The maximum Gasteiger partial charge on any atom is 0.321 e. The third kappa shape index (κ3) is 4.25. The number of carbonyl (C=O) groups is 1. The first-order valence-corrected chi connectivity index (χ1v) is 8.73. The number of piperazine rings is 1. The van der Waals surface area contributed by atoms with Crippen LogP contribution in [0.4, 0.5) is 16.2 Å². The van der Waals surface area contributed by atoms with Gasteiger partial charge in [-0.3, -0.25) is 0 Å². The molecule has 0 saturated carbocycles. The van der Waals surface area contributed by atoms with E-state index in [-0.39, 0.29) is 6.03 Å². The molecule has 6 heteroatoms. The van der Waals surface area contributed by atoms with Gasteiger partial charge in [0.1, 0.15) is 5.75 Å². The molecule has 1 aliphatic rings. The van der Waals surface area contributed by atoms with Gasteiger partial charge < -0.3 is 19.9 Å². The van der Waals surface area contributed by atoms with Crippen LogP contribution in [0.15, 0.2) is 48.5 Å². The normalized spacial score (nSPS) is 13.8. The number of hydrogen-bond donors (Lipinski definition) is 1. The lowest BCUT2D eigenvalue weighted by atomic mass is 10.2. The van der Waals surface area contributed by atoms with Crippen molar-refractivity contribution in [2.75, 3.05) is 43.0 Å². The van der Waals surface area contributed by atoms with Gasteiger partial charge in [0.05, 0.1) is 18.2 Å². The Kier molecular flexibility index (Phi) is 5.59. The number of nitrogens with one attached hydrogen (secondary N) is 1. The standard InChI is InChI=1S/C20H22N4O2/c1-2-26-19-8-6-18(7-9-19)23-10-12-24(13-11-23)20(25)22-17-5-3-4-16(14-17)15-21/h3-9,14H,2,10-13H2,1H3,(H,22,25). The monoisotopic (exact) mass is 350 g/mol. The van der Waals surface area contributed by atoms with Crippen LogP contribution in [-0.2, 0) is 0 Å². The van der Waals surface area contributed by atoms with Gasteiger partial charge in [0.15, 0.2) is 0 Å². The van der Waals surface area contributed by atoms with E-state index >= 15 is 0 Å². The summed E-state index contributed by atoms with van der Waals surface area (Å²) in [4.78, 5) is 16.5. The van der Waals surface area contributed by atoms with E-state index in [1.807, 2.05) is 31.2 Å². The minimum atomic E-state index is -0.133. The molecule has 1 N–H and O–H groups in total. The maximum atomic E-state index is 12.4. The summed E-state index contributed by atoms with van der Waals surface area (Å²) in [5.74, 6) is 0.869. The second-order valence-electron chi connectivity index (χ2n) is 6.02. The molecule has 1 heterocycles. The van der Waals surface area contributed by atoms with Gasteiger partial charge in [0, 0.05) is 37.6 Å². The fourth-order valence-electron chi connectivity index (χ4n) is 2.96. The van der Waals surface area contributed by atoms with Crippen molar-refractivity contribution in [3.05, 3.63) is 54.1 Å². The first-order valence-electron chi connectivity index (χ1n) is 8.73. The molecule has 134 valence electrons. The highest BCUT2D eigenvalue weighted by Gasteiger charge is 2.21. The predicted molar refractivity (Wildman–Crippen MR) is 102 cm³/mol. The summed E-state index contributed by atoms with van der Waals surface area (Å²) in [6.45, 7) is 5.48. The number of carbonyl (C=O) groups excluding carboxylic acids is 1. The third-order valence-corrected chi connectivity index (χ3v) is 4.32. The first kappa shape index (κ1) is 17.6. The molecule has 26 heavy (non-hydrogen) atoms. The van der Waals surface area contributed by atoms with E-state index < -0.39 is 0 Å². The number of benzene rings is 2. The SMILES string of the molecule is CCOc1ccc(N2CCN(C(=O)Nc3cccc(C#N)c3)CC2)cc1. The van der Waals surface area contributed by atoms with E-state index in [9.17, 15) is 4.79 Å².